The van der Waals surface area contributed by atoms with Gasteiger partial charge in [-0.3, -0.25) is 0 Å². The van der Waals surface area contributed by atoms with Crippen molar-refractivity contribution in [2.45, 2.75) is 6.61 Å². The van der Waals surface area contributed by atoms with Gasteiger partial charge in [-0.2, -0.15) is 0 Å². The summed E-state index contributed by atoms with van der Waals surface area (Å²) in [7, 11) is 0. The summed E-state index contributed by atoms with van der Waals surface area (Å²) >= 11 is 5.97. The average molecular weight is 210 g/mol. The number of aliphatic hydroxyl groups excluding tert-OH is 1. The highest BCUT2D eigenvalue weighted by Gasteiger charge is 2.07. The topological polar surface area (TPSA) is 46.3 Å². The molecule has 0 radical (unpaired) electrons. The van der Waals surface area contributed by atoms with Gasteiger partial charge in [0.25, 0.3) is 0 Å². The molecule has 0 aliphatic carbocycles. The Kier molecular flexibility index (Phi) is 2.52. The molecular formula is C10H8ClNO2. The third-order valence-electron chi connectivity index (χ3n) is 1.84. The molecule has 0 unspecified atom stereocenters. The van der Waals surface area contributed by atoms with Gasteiger partial charge in [0.2, 0.25) is 5.89 Å². The van der Waals surface area contributed by atoms with Gasteiger partial charge in [0.15, 0.2) is 0 Å². The van der Waals surface area contributed by atoms with Crippen molar-refractivity contribution in [3.8, 4) is 11.3 Å². The number of hydrogen-bond acceptors (Lipinski definition) is 3. The second kappa shape index (κ2) is 3.82. The van der Waals surface area contributed by atoms with E-state index in [0.29, 0.717) is 16.6 Å². The fraction of sp³-hybridized carbons (Fsp3) is 0.100. The molecule has 3 nitrogen and oxygen atoms in total. The number of aliphatic hydroxyl groups is 1. The van der Waals surface area contributed by atoms with Gasteiger partial charge in [-0.1, -0.05) is 29.8 Å². The van der Waals surface area contributed by atoms with E-state index in [1.54, 1.807) is 6.07 Å². The van der Waals surface area contributed by atoms with Crippen molar-refractivity contribution in [3.63, 3.8) is 0 Å². The highest BCUT2D eigenvalue weighted by Crippen LogP contribution is 2.26. The van der Waals surface area contributed by atoms with Crippen LogP contribution in [0, 0.1) is 0 Å². The van der Waals surface area contributed by atoms with Gasteiger partial charge < -0.3 is 9.52 Å². The van der Waals surface area contributed by atoms with Crippen LogP contribution < -0.4 is 0 Å². The summed E-state index contributed by atoms with van der Waals surface area (Å²) in [6, 6.07) is 7.35. The molecule has 1 aromatic heterocycles. The van der Waals surface area contributed by atoms with Crippen LogP contribution in [0.4, 0.5) is 0 Å². The van der Waals surface area contributed by atoms with Gasteiger partial charge in [0.1, 0.15) is 18.6 Å². The second-order valence-electron chi connectivity index (χ2n) is 2.76. The molecule has 4 heteroatoms. The first-order chi connectivity index (χ1) is 6.81. The molecule has 14 heavy (non-hydrogen) atoms. The van der Waals surface area contributed by atoms with E-state index >= 15 is 0 Å². The first-order valence-corrected chi connectivity index (χ1v) is 4.49. The summed E-state index contributed by atoms with van der Waals surface area (Å²) in [5.74, 6) is 0.292. The molecule has 0 aliphatic heterocycles. The van der Waals surface area contributed by atoms with Crippen molar-refractivity contribution in [3.05, 3.63) is 41.4 Å². The lowest BCUT2D eigenvalue weighted by Crippen LogP contribution is -1.83. The van der Waals surface area contributed by atoms with Gasteiger partial charge >= 0.3 is 0 Å². The Morgan fingerprint density at radius 2 is 2.14 bits per heavy atom. The molecule has 0 atom stereocenters. The minimum Gasteiger partial charge on any atom is -0.446 e. The maximum absolute atomic E-state index is 8.78. The number of halogens is 1. The molecular weight excluding hydrogens is 202 g/mol. The van der Waals surface area contributed by atoms with Crippen molar-refractivity contribution in [2.75, 3.05) is 0 Å². The number of oxazole rings is 1. The summed E-state index contributed by atoms with van der Waals surface area (Å²) in [6.07, 6.45) is 1.48. The Morgan fingerprint density at radius 3 is 2.79 bits per heavy atom. The molecule has 0 spiro atoms. The van der Waals surface area contributed by atoms with Crippen molar-refractivity contribution < 1.29 is 9.52 Å². The summed E-state index contributed by atoms with van der Waals surface area (Å²) in [5, 5.41) is 9.39. The Labute approximate surface area is 86.0 Å². The van der Waals surface area contributed by atoms with Crippen molar-refractivity contribution in [1.29, 1.82) is 0 Å². The van der Waals surface area contributed by atoms with Crippen LogP contribution in [-0.4, -0.2) is 10.1 Å². The lowest BCUT2D eigenvalue weighted by molar-refractivity contribution is 0.240. The number of aromatic nitrogens is 1. The highest BCUT2D eigenvalue weighted by atomic mass is 35.5. The van der Waals surface area contributed by atoms with E-state index < -0.39 is 0 Å². The van der Waals surface area contributed by atoms with Gasteiger partial charge in [-0.15, -0.1) is 0 Å². The van der Waals surface area contributed by atoms with Gasteiger partial charge in [0, 0.05) is 5.56 Å². The van der Waals surface area contributed by atoms with E-state index in [4.69, 9.17) is 21.1 Å². The van der Waals surface area contributed by atoms with E-state index in [1.807, 2.05) is 18.2 Å². The molecule has 2 aromatic rings. The minimum atomic E-state index is -0.204. The van der Waals surface area contributed by atoms with Crippen LogP contribution >= 0.6 is 11.6 Å². The zero-order valence-corrected chi connectivity index (χ0v) is 8.03. The van der Waals surface area contributed by atoms with Crippen molar-refractivity contribution in [2.24, 2.45) is 0 Å². The molecule has 0 aliphatic rings. The molecule has 0 saturated heterocycles. The molecule has 2 rings (SSSR count). The van der Waals surface area contributed by atoms with Crippen LogP contribution in [0.5, 0.6) is 0 Å². The van der Waals surface area contributed by atoms with E-state index in [-0.39, 0.29) is 6.61 Å². The summed E-state index contributed by atoms with van der Waals surface area (Å²) in [5.41, 5.74) is 1.44. The maximum atomic E-state index is 8.78. The fourth-order valence-electron chi connectivity index (χ4n) is 1.18. The lowest BCUT2D eigenvalue weighted by atomic mass is 10.2. The first kappa shape index (κ1) is 9.24. The SMILES string of the molecule is OCc1nc(-c2ccccc2Cl)co1. The molecule has 0 bridgehead atoms. The fourth-order valence-corrected chi connectivity index (χ4v) is 1.41. The van der Waals surface area contributed by atoms with E-state index in [2.05, 4.69) is 4.98 Å². The van der Waals surface area contributed by atoms with Crippen LogP contribution in [0.2, 0.25) is 5.02 Å². The molecule has 1 aromatic carbocycles. The predicted octanol–water partition coefficient (Wildman–Crippen LogP) is 2.49. The van der Waals surface area contributed by atoms with Gasteiger partial charge in [-0.05, 0) is 6.07 Å². The normalized spacial score (nSPS) is 10.4. The molecule has 0 amide bonds. The summed E-state index contributed by atoms with van der Waals surface area (Å²) in [4.78, 5) is 4.06. The molecule has 1 heterocycles. The number of rotatable bonds is 2. The molecule has 1 N–H and O–H groups in total. The smallest absolute Gasteiger partial charge is 0.220 e. The predicted molar refractivity (Wildman–Crippen MR) is 52.9 cm³/mol. The van der Waals surface area contributed by atoms with Crippen LogP contribution in [-0.2, 0) is 6.61 Å². The van der Waals surface area contributed by atoms with E-state index in [0.717, 1.165) is 5.56 Å². The van der Waals surface area contributed by atoms with Gasteiger partial charge in [0.05, 0.1) is 5.02 Å². The third kappa shape index (κ3) is 1.64. The third-order valence-corrected chi connectivity index (χ3v) is 2.17. The molecule has 0 saturated carbocycles. The summed E-state index contributed by atoms with van der Waals surface area (Å²) < 4.78 is 5.00. The van der Waals surface area contributed by atoms with Crippen molar-refractivity contribution in [1.82, 2.24) is 4.98 Å². The zero-order valence-electron chi connectivity index (χ0n) is 7.27. The van der Waals surface area contributed by atoms with Crippen LogP contribution in [0.1, 0.15) is 5.89 Å². The Hall–Kier alpha value is -1.32. The standard InChI is InChI=1S/C10H8ClNO2/c11-8-4-2-1-3-7(8)9-6-14-10(5-13)12-9/h1-4,6,13H,5H2. The second-order valence-corrected chi connectivity index (χ2v) is 3.17. The number of nitrogens with zero attached hydrogens (tertiary/aromatic N) is 1. The lowest BCUT2D eigenvalue weighted by Gasteiger charge is -1.97. The molecule has 72 valence electrons. The Morgan fingerprint density at radius 1 is 1.36 bits per heavy atom. The minimum absolute atomic E-state index is 0.204. The van der Waals surface area contributed by atoms with Crippen LogP contribution in [0.3, 0.4) is 0 Å². The first-order valence-electron chi connectivity index (χ1n) is 4.11. The van der Waals surface area contributed by atoms with Crippen LogP contribution in [0.15, 0.2) is 34.9 Å². The maximum Gasteiger partial charge on any atom is 0.220 e. The van der Waals surface area contributed by atoms with E-state index in [1.165, 1.54) is 6.26 Å². The average Bonchev–Trinajstić information content (AvgIpc) is 2.67. The summed E-state index contributed by atoms with van der Waals surface area (Å²) in [6.45, 7) is -0.204. The number of benzene rings is 1. The Bertz CT molecular complexity index is 439. The molecule has 0 fully saturated rings. The van der Waals surface area contributed by atoms with Crippen LogP contribution in [0.25, 0.3) is 11.3 Å². The highest BCUT2D eigenvalue weighted by molar-refractivity contribution is 6.33. The Balaban J connectivity index is 2.44. The monoisotopic (exact) mass is 209 g/mol. The van der Waals surface area contributed by atoms with Gasteiger partial charge in [-0.25, -0.2) is 4.98 Å². The number of hydrogen-bond donors (Lipinski definition) is 1. The zero-order chi connectivity index (χ0) is 9.97. The largest absolute Gasteiger partial charge is 0.446 e. The quantitative estimate of drug-likeness (QED) is 0.827. The van der Waals surface area contributed by atoms with Crippen molar-refractivity contribution >= 4 is 11.6 Å². The van der Waals surface area contributed by atoms with E-state index in [9.17, 15) is 0 Å².